The first-order chi connectivity index (χ1) is 35.9. The number of cyclic esters (lactones) is 1. The molecule has 4 aliphatic rings. The number of hydrogen-bond donors (Lipinski definition) is 4. The molecular weight excluding hydrogens is 1120 g/mol. The van der Waals surface area contributed by atoms with Crippen LogP contribution in [0.4, 0.5) is 0 Å². The Hall–Kier alpha value is -2.72. The number of nitrogens with zero attached hydrogens (tertiary/aromatic N) is 3. The quantitative estimate of drug-likeness (QED) is 0.0813. The predicted octanol–water partition coefficient (Wildman–Crippen LogP) is 8.71. The Kier molecular flexibility index (Phi) is 19.6. The number of methoxy groups -OCH3 is 1. The number of alkyl halides is 1. The number of carbonyl (C=O) groups is 2. The van der Waals surface area contributed by atoms with E-state index in [0.717, 1.165) is 40.1 Å². The molecule has 3 saturated heterocycles. The van der Waals surface area contributed by atoms with Crippen molar-refractivity contribution in [1.82, 2.24) is 14.4 Å². The van der Waals surface area contributed by atoms with Gasteiger partial charge in [0.05, 0.1) is 54.0 Å². The highest BCUT2D eigenvalue weighted by Gasteiger charge is 2.53. The van der Waals surface area contributed by atoms with E-state index < -0.39 is 99.6 Å². The Morgan fingerprint density at radius 2 is 1.53 bits per heavy atom. The van der Waals surface area contributed by atoms with Crippen molar-refractivity contribution in [3.63, 3.8) is 0 Å². The summed E-state index contributed by atoms with van der Waals surface area (Å²) in [7, 11) is 7.31. The van der Waals surface area contributed by atoms with Crippen LogP contribution in [-0.2, 0) is 57.4 Å². The third kappa shape index (κ3) is 13.5. The molecule has 5 heterocycles. The van der Waals surface area contributed by atoms with Crippen molar-refractivity contribution in [1.29, 1.82) is 0 Å². The number of hydrogen-bond acceptors (Lipinski definition) is 14. The Morgan fingerprint density at radius 3 is 2.16 bits per heavy atom. The van der Waals surface area contributed by atoms with Crippen LogP contribution in [0.15, 0.2) is 54.6 Å². The van der Waals surface area contributed by atoms with Crippen molar-refractivity contribution in [2.24, 2.45) is 29.1 Å². The first-order valence-electron chi connectivity index (χ1n) is 27.7. The van der Waals surface area contributed by atoms with Gasteiger partial charge in [-0.1, -0.05) is 88.7 Å². The van der Waals surface area contributed by atoms with Crippen molar-refractivity contribution >= 4 is 46.1 Å². The van der Waals surface area contributed by atoms with Gasteiger partial charge in [-0.05, 0) is 157 Å². The van der Waals surface area contributed by atoms with Crippen molar-refractivity contribution in [3.8, 4) is 22.3 Å². The van der Waals surface area contributed by atoms with Gasteiger partial charge in [0, 0.05) is 60.2 Å². The number of halogens is 2. The fourth-order valence-electron chi connectivity index (χ4n) is 13.3. The third-order valence-corrected chi connectivity index (χ3v) is 19.5. The van der Waals surface area contributed by atoms with Gasteiger partial charge in [0.15, 0.2) is 16.5 Å². The monoisotopic (exact) mass is 1210 g/mol. The van der Waals surface area contributed by atoms with E-state index in [2.05, 4.69) is 30.5 Å². The van der Waals surface area contributed by atoms with E-state index in [1.807, 2.05) is 131 Å². The second-order valence-corrected chi connectivity index (χ2v) is 26.7. The number of likely N-dealkylation sites (N-methyl/N-ethyl adjacent to an activating group) is 2. The van der Waals surface area contributed by atoms with Gasteiger partial charge in [0.25, 0.3) is 0 Å². The minimum atomic E-state index is -1.84. The molecule has 0 amide bonds. The van der Waals surface area contributed by atoms with Crippen LogP contribution >= 0.6 is 34.2 Å². The largest absolute Gasteiger partial charge is 0.455 e. The molecule has 7 rings (SSSR count). The van der Waals surface area contributed by atoms with Crippen LogP contribution in [0.5, 0.6) is 0 Å². The number of ether oxygens (including phenoxy) is 6. The Balaban J connectivity index is 1.31. The molecule has 3 fully saturated rings. The highest BCUT2D eigenvalue weighted by molar-refractivity contribution is 14.1. The van der Waals surface area contributed by atoms with Gasteiger partial charge in [-0.3, -0.25) is 9.59 Å². The van der Waals surface area contributed by atoms with Gasteiger partial charge in [0.2, 0.25) is 0 Å². The standard InChI is InChI=1S/C60H89ClIN3O12/c1-33-28-58(9,70)53(35(3)43(26-42-29-59(10,72-15)52(68)38(6)74-42)36(4)54(69)77-56(62)60(11,71)51(67)37(5)64(14)31-33)76-55-50(45(63(12)13)25-34(2)73-55)75-47(66)27-44-48(40-21-23-41(61)24-22-40)49(39-19-17-16-18-20-39)46-30-57(7,8)32-65(44)46/h16-24,33-38,42-43,45,50-53,55-56,67-68,70-71H,25-32H2,1-15H3/t33-,34-,35+,36-,37-,38+,42+,43+,45+,50-,51-,52+,53-,55+,56+,58-,59-,60+/m1/s1. The lowest BCUT2D eigenvalue weighted by molar-refractivity contribution is -0.301. The van der Waals surface area contributed by atoms with Gasteiger partial charge in [-0.15, -0.1) is 0 Å². The molecule has 77 heavy (non-hydrogen) atoms. The van der Waals surface area contributed by atoms with E-state index in [1.54, 1.807) is 27.9 Å². The smallest absolute Gasteiger partial charge is 0.312 e. The summed E-state index contributed by atoms with van der Waals surface area (Å²) >= 11 is 8.35. The SMILES string of the molecule is CO[C@]1(C)C[C@H](C[C@H]2[C@H](C)[C@@H](O[C@@H]3O[C@H](C)C[C@H](N(C)C)[C@H]3OC(=O)Cc3c(-c4ccc(Cl)cc4)c(-c4ccccc4)c4n3CC(C)(C)C4)[C@](C)(O)C[C@@H](C)CN(C)[C@H](C)[C@@H](O)[C@](C)(O)[C@@H](I)OC(=O)[C@@H]2C)O[C@@H](C)[C@@H]1O. The molecule has 0 unspecified atom stereocenters. The second kappa shape index (κ2) is 24.4. The number of benzene rings is 2. The number of carbonyl (C=O) groups excluding carboxylic acids is 2. The molecule has 0 radical (unpaired) electrons. The molecule has 1 aromatic heterocycles. The zero-order valence-corrected chi connectivity index (χ0v) is 51.1. The average molecular weight is 1210 g/mol. The number of aromatic nitrogens is 1. The average Bonchev–Trinajstić information content (AvgIpc) is 3.93. The van der Waals surface area contributed by atoms with E-state index in [0.29, 0.717) is 31.0 Å². The van der Waals surface area contributed by atoms with Crippen LogP contribution in [0.2, 0.25) is 5.02 Å². The van der Waals surface area contributed by atoms with Gasteiger partial charge in [-0.25, -0.2) is 0 Å². The van der Waals surface area contributed by atoms with Crippen molar-refractivity contribution < 1.29 is 58.4 Å². The molecule has 2 aromatic carbocycles. The Labute approximate surface area is 476 Å². The number of esters is 2. The van der Waals surface area contributed by atoms with E-state index in [1.165, 1.54) is 6.92 Å². The molecule has 15 nitrogen and oxygen atoms in total. The first-order valence-corrected chi connectivity index (χ1v) is 29.3. The van der Waals surface area contributed by atoms with Crippen LogP contribution in [0.25, 0.3) is 22.3 Å². The minimum Gasteiger partial charge on any atom is -0.455 e. The predicted molar refractivity (Wildman–Crippen MR) is 307 cm³/mol. The fraction of sp³-hybridized carbons (Fsp3) is 0.700. The zero-order valence-electron chi connectivity index (χ0n) is 48.2. The Morgan fingerprint density at radius 1 is 0.896 bits per heavy atom. The minimum absolute atomic E-state index is 0.0518. The second-order valence-electron chi connectivity index (χ2n) is 25.2. The van der Waals surface area contributed by atoms with E-state index in [-0.39, 0.29) is 42.7 Å². The summed E-state index contributed by atoms with van der Waals surface area (Å²) in [5.74, 6) is -3.41. The maximum atomic E-state index is 15.2. The van der Waals surface area contributed by atoms with E-state index >= 15 is 4.79 Å². The molecule has 4 aliphatic heterocycles. The summed E-state index contributed by atoms with van der Waals surface area (Å²) in [5, 5.41) is 48.6. The van der Waals surface area contributed by atoms with Crippen LogP contribution in [-0.4, -0.2) is 164 Å². The summed E-state index contributed by atoms with van der Waals surface area (Å²) in [5.41, 5.74) is 1.56. The topological polar surface area (TPSA) is 182 Å². The maximum absolute atomic E-state index is 15.2. The molecule has 18 atom stereocenters. The van der Waals surface area contributed by atoms with Gasteiger partial charge in [0.1, 0.15) is 17.8 Å². The molecule has 3 aromatic rings. The van der Waals surface area contributed by atoms with Gasteiger partial charge in [-0.2, -0.15) is 0 Å². The summed E-state index contributed by atoms with van der Waals surface area (Å²) in [4.78, 5) is 33.8. The zero-order chi connectivity index (χ0) is 56.9. The maximum Gasteiger partial charge on any atom is 0.312 e. The molecule has 0 aliphatic carbocycles. The summed E-state index contributed by atoms with van der Waals surface area (Å²) in [6.07, 6.45) is -4.82. The van der Waals surface area contributed by atoms with Crippen LogP contribution in [0, 0.1) is 29.1 Å². The van der Waals surface area contributed by atoms with Crippen molar-refractivity contribution in [2.75, 3.05) is 34.8 Å². The fourth-order valence-corrected chi connectivity index (χ4v) is 14.0. The lowest BCUT2D eigenvalue weighted by Gasteiger charge is -2.49. The third-order valence-electron chi connectivity index (χ3n) is 17.7. The summed E-state index contributed by atoms with van der Waals surface area (Å²) in [6, 6.07) is 17.1. The van der Waals surface area contributed by atoms with Crippen LogP contribution in [0.3, 0.4) is 0 Å². The molecule has 0 spiro atoms. The van der Waals surface area contributed by atoms with Crippen molar-refractivity contribution in [2.45, 2.75) is 203 Å². The summed E-state index contributed by atoms with van der Waals surface area (Å²) < 4.78 is 40.7. The van der Waals surface area contributed by atoms with Gasteiger partial charge < -0.3 is 63.2 Å². The molecule has 0 saturated carbocycles. The highest BCUT2D eigenvalue weighted by Crippen LogP contribution is 2.48. The molecule has 17 heteroatoms. The number of aliphatic hydroxyl groups excluding tert-OH is 2. The Bertz CT molecular complexity index is 2490. The van der Waals surface area contributed by atoms with E-state index in [4.69, 9.17) is 40.0 Å². The highest BCUT2D eigenvalue weighted by atomic mass is 127. The number of aliphatic hydroxyl groups is 4. The molecule has 0 bridgehead atoms. The summed E-state index contributed by atoms with van der Waals surface area (Å²) in [6.45, 7) is 22.0. The number of rotatable bonds is 11. The van der Waals surface area contributed by atoms with E-state index in [9.17, 15) is 25.2 Å². The van der Waals surface area contributed by atoms with Crippen LogP contribution < -0.4 is 0 Å². The van der Waals surface area contributed by atoms with Gasteiger partial charge >= 0.3 is 11.9 Å². The first kappa shape index (κ1) is 61.9. The van der Waals surface area contributed by atoms with Crippen LogP contribution in [0.1, 0.15) is 113 Å². The number of fused-ring (bicyclic) bond motifs is 1. The lowest BCUT2D eigenvalue weighted by Crippen LogP contribution is -2.60. The normalized spacial score (nSPS) is 38.6. The van der Waals surface area contributed by atoms with Crippen molar-refractivity contribution in [3.05, 3.63) is 71.0 Å². The molecule has 430 valence electrons. The molecule has 4 N–H and O–H groups in total. The lowest BCUT2D eigenvalue weighted by atomic mass is 9.70. The molecular formula is C60H89ClIN3O12.